The maximum atomic E-state index is 13.0. The summed E-state index contributed by atoms with van der Waals surface area (Å²) in [6.07, 6.45) is 14.5. The van der Waals surface area contributed by atoms with Crippen LogP contribution < -0.4 is 16.0 Å². The van der Waals surface area contributed by atoms with Crippen LogP contribution in [-0.4, -0.2) is 63.2 Å². The summed E-state index contributed by atoms with van der Waals surface area (Å²) in [6.45, 7) is 9.71. The molecule has 3 amide bonds. The second kappa shape index (κ2) is 21.8. The van der Waals surface area contributed by atoms with E-state index < -0.39 is 0 Å². The fourth-order valence-corrected chi connectivity index (χ4v) is 8.63. The number of hydrogen-bond donors (Lipinski definition) is 4. The monoisotopic (exact) mass is 803 g/mol. The van der Waals surface area contributed by atoms with Gasteiger partial charge in [0.25, 0.3) is 11.8 Å². The van der Waals surface area contributed by atoms with E-state index in [1.165, 1.54) is 67.4 Å². The number of rotatable bonds is 22. The molecule has 4 N–H and O–H groups in total. The Kier molecular flexibility index (Phi) is 16.0. The molecule has 0 spiro atoms. The van der Waals surface area contributed by atoms with Gasteiger partial charge in [0.1, 0.15) is 5.82 Å². The molecule has 2 atom stereocenters. The smallest absolute Gasteiger partial charge is 0.255 e. The predicted octanol–water partition coefficient (Wildman–Crippen LogP) is 10.2. The fraction of sp³-hybridized carbons (Fsp3) is 0.468. The topological polar surface area (TPSA) is 132 Å². The molecule has 0 bridgehead atoms. The average Bonchev–Trinajstić information content (AvgIpc) is 3.97. The minimum atomic E-state index is -0.226. The lowest BCUT2D eigenvalue weighted by molar-refractivity contribution is -0.121. The van der Waals surface area contributed by atoms with Crippen LogP contribution >= 0.6 is 11.3 Å². The largest absolute Gasteiger partial charge is 0.356 e. The molecule has 0 aliphatic carbocycles. The number of H-pyrrole nitrogens is 1. The first-order valence-electron chi connectivity index (χ1n) is 21.4. The third kappa shape index (κ3) is 12.6. The number of fused-ring (bicyclic) bond motifs is 1. The van der Waals surface area contributed by atoms with Crippen molar-refractivity contribution < 1.29 is 14.4 Å². The van der Waals surface area contributed by atoms with E-state index in [-0.39, 0.29) is 23.6 Å². The first-order chi connectivity index (χ1) is 28.2. The fourth-order valence-electron chi connectivity index (χ4n) is 7.81. The van der Waals surface area contributed by atoms with Crippen molar-refractivity contribution in [2.45, 2.75) is 123 Å². The normalized spacial score (nSPS) is 14.8. The minimum absolute atomic E-state index is 0.117. The summed E-state index contributed by atoms with van der Waals surface area (Å²) in [7, 11) is 0. The Bertz CT molecular complexity index is 2070. The van der Waals surface area contributed by atoms with Crippen LogP contribution in [0.15, 0.2) is 72.2 Å². The number of thiazole rings is 1. The highest BCUT2D eigenvalue weighted by Gasteiger charge is 2.21. The summed E-state index contributed by atoms with van der Waals surface area (Å²) < 4.78 is 0. The van der Waals surface area contributed by atoms with Gasteiger partial charge in [-0.25, -0.2) is 9.97 Å². The van der Waals surface area contributed by atoms with Gasteiger partial charge in [0.05, 0.1) is 33.7 Å². The first kappa shape index (κ1) is 42.7. The van der Waals surface area contributed by atoms with E-state index >= 15 is 0 Å². The first-order valence-corrected chi connectivity index (χ1v) is 22.3. The second-order valence-electron chi connectivity index (χ2n) is 16.0. The molecular weight excluding hydrogens is 743 g/mol. The van der Waals surface area contributed by atoms with Gasteiger partial charge in [-0.2, -0.15) is 0 Å². The number of carbonyl (C=O) groups excluding carboxylic acids is 3. The molecule has 1 fully saturated rings. The molecule has 1 aliphatic rings. The molecule has 5 aromatic rings. The summed E-state index contributed by atoms with van der Waals surface area (Å²) in [5.74, 6) is 0.908. The van der Waals surface area contributed by atoms with Gasteiger partial charge in [-0.15, -0.1) is 11.3 Å². The number of amides is 3. The number of aromatic amines is 1. The summed E-state index contributed by atoms with van der Waals surface area (Å²) in [5.41, 5.74) is 8.81. The predicted molar refractivity (Wildman–Crippen MR) is 236 cm³/mol. The van der Waals surface area contributed by atoms with Gasteiger partial charge < -0.3 is 20.9 Å². The molecule has 3 aromatic carbocycles. The van der Waals surface area contributed by atoms with E-state index in [1.54, 1.807) is 35.6 Å². The molecule has 0 radical (unpaired) electrons. The highest BCUT2D eigenvalue weighted by molar-refractivity contribution is 7.13. The lowest BCUT2D eigenvalue weighted by Gasteiger charge is -2.19. The van der Waals surface area contributed by atoms with Gasteiger partial charge in [0.15, 0.2) is 0 Å². The zero-order chi connectivity index (χ0) is 40.7. The van der Waals surface area contributed by atoms with Crippen LogP contribution in [0.2, 0.25) is 0 Å². The number of aromatic nitrogens is 3. The Morgan fingerprint density at radius 1 is 0.828 bits per heavy atom. The van der Waals surface area contributed by atoms with Gasteiger partial charge in [-0.1, -0.05) is 82.6 Å². The quantitative estimate of drug-likeness (QED) is 0.0515. The molecule has 11 heteroatoms. The second-order valence-corrected chi connectivity index (χ2v) is 16.9. The van der Waals surface area contributed by atoms with E-state index in [9.17, 15) is 14.4 Å². The minimum Gasteiger partial charge on any atom is -0.356 e. The Morgan fingerprint density at radius 2 is 1.47 bits per heavy atom. The Morgan fingerprint density at radius 3 is 2.09 bits per heavy atom. The Hall–Kier alpha value is -4.87. The number of anilines is 1. The van der Waals surface area contributed by atoms with Crippen molar-refractivity contribution in [2.24, 2.45) is 0 Å². The number of carbonyl (C=O) groups is 3. The van der Waals surface area contributed by atoms with E-state index in [4.69, 9.17) is 4.98 Å². The Labute approximate surface area is 348 Å². The number of hydrogen-bond acceptors (Lipinski definition) is 7. The number of benzene rings is 3. The average molecular weight is 804 g/mol. The van der Waals surface area contributed by atoms with Crippen molar-refractivity contribution in [3.05, 3.63) is 100 Å². The molecule has 3 heterocycles. The van der Waals surface area contributed by atoms with Crippen LogP contribution in [0, 0.1) is 6.92 Å². The van der Waals surface area contributed by atoms with Gasteiger partial charge in [0.2, 0.25) is 5.91 Å². The molecule has 0 saturated carbocycles. The van der Waals surface area contributed by atoms with Crippen LogP contribution in [0.3, 0.4) is 0 Å². The van der Waals surface area contributed by atoms with Gasteiger partial charge in [-0.3, -0.25) is 19.3 Å². The molecule has 1 saturated heterocycles. The molecule has 10 nitrogen and oxygen atoms in total. The maximum Gasteiger partial charge on any atom is 0.255 e. The van der Waals surface area contributed by atoms with Crippen LogP contribution in [0.25, 0.3) is 21.5 Å². The molecule has 1 aliphatic heterocycles. The van der Waals surface area contributed by atoms with Crippen molar-refractivity contribution in [1.29, 1.82) is 0 Å². The van der Waals surface area contributed by atoms with Crippen LogP contribution in [0.4, 0.5) is 5.69 Å². The van der Waals surface area contributed by atoms with Crippen LogP contribution in [-0.2, 0) is 11.3 Å². The summed E-state index contributed by atoms with van der Waals surface area (Å²) in [5, 5.41) is 9.10. The molecule has 308 valence electrons. The van der Waals surface area contributed by atoms with Crippen LogP contribution in [0.5, 0.6) is 0 Å². The van der Waals surface area contributed by atoms with Crippen molar-refractivity contribution in [2.75, 3.05) is 25.0 Å². The third-order valence-electron chi connectivity index (χ3n) is 11.4. The summed E-state index contributed by atoms with van der Waals surface area (Å²) in [4.78, 5) is 54.4. The number of imidazole rings is 1. The number of nitrogens with one attached hydrogen (secondary N) is 4. The van der Waals surface area contributed by atoms with E-state index in [1.807, 2.05) is 30.6 Å². The Balaban J connectivity index is 0.753. The zero-order valence-corrected chi connectivity index (χ0v) is 35.4. The number of likely N-dealkylation sites (tertiary alicyclic amines) is 1. The van der Waals surface area contributed by atoms with Crippen molar-refractivity contribution in [3.8, 4) is 10.4 Å². The molecule has 0 unspecified atom stereocenters. The van der Waals surface area contributed by atoms with Gasteiger partial charge >= 0.3 is 0 Å². The lowest BCUT2D eigenvalue weighted by atomic mass is 9.96. The summed E-state index contributed by atoms with van der Waals surface area (Å²) in [6, 6.07) is 21.6. The number of aryl methyl sites for hydroxylation is 1. The van der Waals surface area contributed by atoms with Gasteiger partial charge in [0, 0.05) is 42.4 Å². The van der Waals surface area contributed by atoms with Crippen molar-refractivity contribution >= 4 is 45.8 Å². The lowest BCUT2D eigenvalue weighted by Crippen LogP contribution is -2.26. The molecule has 2 aromatic heterocycles. The third-order valence-corrected chi connectivity index (χ3v) is 12.4. The number of unbranched alkanes of at least 4 members (excludes halogenated alkanes) is 9. The molecular formula is C47H61N7O3S. The van der Waals surface area contributed by atoms with E-state index in [2.05, 4.69) is 68.9 Å². The molecule has 58 heavy (non-hydrogen) atoms. The van der Waals surface area contributed by atoms with Crippen LogP contribution in [0.1, 0.15) is 141 Å². The SMILES string of the molecule is Cc1ncsc1-c1ccc([C@@H](C)CC(=O)NCCCCCCCCCCCCNC(=O)c2ccc(C(=O)Nc3ccc4[nH]c(CN5CCC[C@@H]5C)nc4c3)cc2)cc1. The number of nitrogens with zero attached hydrogens (tertiary/aromatic N) is 3. The van der Waals surface area contributed by atoms with E-state index in [0.29, 0.717) is 35.8 Å². The van der Waals surface area contributed by atoms with Gasteiger partial charge in [-0.05, 0) is 106 Å². The van der Waals surface area contributed by atoms with Crippen molar-refractivity contribution in [1.82, 2.24) is 30.5 Å². The van der Waals surface area contributed by atoms with Crippen molar-refractivity contribution in [3.63, 3.8) is 0 Å². The summed E-state index contributed by atoms with van der Waals surface area (Å²) >= 11 is 1.66. The zero-order valence-electron chi connectivity index (χ0n) is 34.6. The maximum absolute atomic E-state index is 13.0. The van der Waals surface area contributed by atoms with E-state index in [0.717, 1.165) is 67.9 Å². The highest BCUT2D eigenvalue weighted by atomic mass is 32.1. The molecule has 6 rings (SSSR count). The standard InChI is InChI=1S/C47H61N7O3S/c1-33(36-16-18-37(19-17-36)45-35(3)50-32-58-45)29-44(55)48-26-12-10-8-6-4-5-7-9-11-13-27-49-46(56)38-20-22-39(23-21-38)47(57)51-40-24-25-41-42(30-40)53-43(52-41)31-54-28-14-15-34(54)2/h16-25,30,32-34H,4-15,26-29,31H2,1-3H3,(H,48,55)(H,49,56)(H,51,57)(H,52,53)/t33-,34-/m0/s1. The highest BCUT2D eigenvalue weighted by Crippen LogP contribution is 2.29.